The second-order valence-corrected chi connectivity index (χ2v) is 7.78. The van der Waals surface area contributed by atoms with Crippen LogP contribution in [0.5, 0.6) is 0 Å². The van der Waals surface area contributed by atoms with Crippen LogP contribution in [0.25, 0.3) is 0 Å². The molecule has 2 rings (SSSR count). The van der Waals surface area contributed by atoms with Gasteiger partial charge in [-0.3, -0.25) is 0 Å². The van der Waals surface area contributed by atoms with Gasteiger partial charge in [0, 0.05) is 39.4 Å². The Morgan fingerprint density at radius 2 is 1.81 bits per heavy atom. The number of para-hydroxylation sites is 1. The second-order valence-electron chi connectivity index (χ2n) is 5.63. The van der Waals surface area contributed by atoms with Gasteiger partial charge in [-0.05, 0) is 25.0 Å². The minimum absolute atomic E-state index is 0.341. The van der Waals surface area contributed by atoms with Gasteiger partial charge in [-0.15, -0.1) is 0 Å². The molecule has 21 heavy (non-hydrogen) atoms. The standard InChI is InChI=1S/C14H23N3O3S/c1-16(2)21(19,20)17-10-8-14(18,9-11-17)12-15-13-6-4-3-5-7-13/h3-7,15,18H,8-12H2,1-2H3. The minimum atomic E-state index is -3.38. The van der Waals surface area contributed by atoms with Crippen LogP contribution in [-0.4, -0.2) is 61.5 Å². The van der Waals surface area contributed by atoms with Crippen molar-refractivity contribution in [3.05, 3.63) is 30.3 Å². The molecule has 7 heteroatoms. The van der Waals surface area contributed by atoms with Crippen LogP contribution in [0.4, 0.5) is 5.69 Å². The van der Waals surface area contributed by atoms with E-state index in [0.717, 1.165) is 5.69 Å². The highest BCUT2D eigenvalue weighted by Gasteiger charge is 2.37. The third-order valence-corrected chi connectivity index (χ3v) is 5.78. The van der Waals surface area contributed by atoms with Gasteiger partial charge in [0.05, 0.1) is 5.60 Å². The van der Waals surface area contributed by atoms with Gasteiger partial charge in [-0.2, -0.15) is 17.0 Å². The molecule has 0 bridgehead atoms. The Morgan fingerprint density at radius 1 is 1.24 bits per heavy atom. The first-order chi connectivity index (χ1) is 9.83. The lowest BCUT2D eigenvalue weighted by molar-refractivity contribution is 0.00639. The lowest BCUT2D eigenvalue weighted by atomic mass is 9.92. The third-order valence-electron chi connectivity index (χ3n) is 3.84. The molecule has 0 amide bonds. The van der Waals surface area contributed by atoms with E-state index in [1.54, 1.807) is 0 Å². The molecule has 6 nitrogen and oxygen atoms in total. The summed E-state index contributed by atoms with van der Waals surface area (Å²) >= 11 is 0. The molecule has 0 saturated carbocycles. The number of aliphatic hydroxyl groups is 1. The molecule has 1 fully saturated rings. The number of nitrogens with zero attached hydrogens (tertiary/aromatic N) is 2. The SMILES string of the molecule is CN(C)S(=O)(=O)N1CCC(O)(CNc2ccccc2)CC1. The predicted molar refractivity (Wildman–Crippen MR) is 83.3 cm³/mol. The predicted octanol–water partition coefficient (Wildman–Crippen LogP) is 0.732. The lowest BCUT2D eigenvalue weighted by Gasteiger charge is -2.38. The second kappa shape index (κ2) is 6.31. The van der Waals surface area contributed by atoms with Crippen LogP contribution in [0.1, 0.15) is 12.8 Å². The summed E-state index contributed by atoms with van der Waals surface area (Å²) in [6.07, 6.45) is 0.861. The summed E-state index contributed by atoms with van der Waals surface area (Å²) in [7, 11) is -0.340. The lowest BCUT2D eigenvalue weighted by Crippen LogP contribution is -2.52. The molecule has 1 aliphatic heterocycles. The molecule has 0 atom stereocenters. The summed E-state index contributed by atoms with van der Waals surface area (Å²) in [6, 6.07) is 9.67. The highest BCUT2D eigenvalue weighted by atomic mass is 32.2. The van der Waals surface area contributed by atoms with Crippen molar-refractivity contribution in [1.29, 1.82) is 0 Å². The fraction of sp³-hybridized carbons (Fsp3) is 0.571. The molecular formula is C14H23N3O3S. The smallest absolute Gasteiger partial charge is 0.281 e. The van der Waals surface area contributed by atoms with Gasteiger partial charge in [0.1, 0.15) is 0 Å². The van der Waals surface area contributed by atoms with Crippen LogP contribution in [0.2, 0.25) is 0 Å². The largest absolute Gasteiger partial charge is 0.388 e. The van der Waals surface area contributed by atoms with E-state index in [-0.39, 0.29) is 0 Å². The van der Waals surface area contributed by atoms with E-state index < -0.39 is 15.8 Å². The molecule has 0 radical (unpaired) electrons. The average Bonchev–Trinajstić information content (AvgIpc) is 2.47. The number of anilines is 1. The third kappa shape index (κ3) is 3.94. The van der Waals surface area contributed by atoms with E-state index >= 15 is 0 Å². The molecule has 0 spiro atoms. The van der Waals surface area contributed by atoms with Gasteiger partial charge >= 0.3 is 0 Å². The van der Waals surface area contributed by atoms with Crippen molar-refractivity contribution >= 4 is 15.9 Å². The van der Waals surface area contributed by atoms with Crippen molar-refractivity contribution in [3.8, 4) is 0 Å². The first-order valence-electron chi connectivity index (χ1n) is 7.02. The van der Waals surface area contributed by atoms with Crippen molar-refractivity contribution in [2.75, 3.05) is 39.0 Å². The number of nitrogens with one attached hydrogen (secondary N) is 1. The Balaban J connectivity index is 1.90. The van der Waals surface area contributed by atoms with Gasteiger partial charge in [0.2, 0.25) is 0 Å². The van der Waals surface area contributed by atoms with Crippen molar-refractivity contribution in [1.82, 2.24) is 8.61 Å². The Bertz CT molecular complexity index is 552. The maximum absolute atomic E-state index is 12.0. The minimum Gasteiger partial charge on any atom is -0.388 e. The summed E-state index contributed by atoms with van der Waals surface area (Å²) in [6.45, 7) is 1.10. The van der Waals surface area contributed by atoms with Crippen molar-refractivity contribution in [2.24, 2.45) is 0 Å². The highest BCUT2D eigenvalue weighted by molar-refractivity contribution is 7.86. The van der Waals surface area contributed by atoms with Crippen LogP contribution >= 0.6 is 0 Å². The number of rotatable bonds is 5. The summed E-state index contributed by atoms with van der Waals surface area (Å²) in [4.78, 5) is 0. The van der Waals surface area contributed by atoms with E-state index in [1.807, 2.05) is 30.3 Å². The molecule has 0 aromatic heterocycles. The van der Waals surface area contributed by atoms with Crippen LogP contribution in [0.15, 0.2) is 30.3 Å². The quantitative estimate of drug-likeness (QED) is 0.841. The van der Waals surface area contributed by atoms with Crippen LogP contribution in [-0.2, 0) is 10.2 Å². The van der Waals surface area contributed by atoms with Crippen molar-refractivity contribution in [2.45, 2.75) is 18.4 Å². The van der Waals surface area contributed by atoms with Gasteiger partial charge in [0.25, 0.3) is 10.2 Å². The molecule has 0 unspecified atom stereocenters. The Labute approximate surface area is 126 Å². The number of hydrogen-bond donors (Lipinski definition) is 2. The molecule has 2 N–H and O–H groups in total. The van der Waals surface area contributed by atoms with E-state index in [4.69, 9.17) is 0 Å². The Kier molecular flexibility index (Phi) is 4.88. The number of piperidine rings is 1. The van der Waals surface area contributed by atoms with E-state index in [1.165, 1.54) is 22.7 Å². The van der Waals surface area contributed by atoms with E-state index in [0.29, 0.717) is 32.5 Å². The highest BCUT2D eigenvalue weighted by Crippen LogP contribution is 2.25. The van der Waals surface area contributed by atoms with Gasteiger partial charge in [0.15, 0.2) is 0 Å². The fourth-order valence-corrected chi connectivity index (χ4v) is 3.47. The van der Waals surface area contributed by atoms with Crippen molar-refractivity contribution in [3.63, 3.8) is 0 Å². The maximum atomic E-state index is 12.0. The fourth-order valence-electron chi connectivity index (χ4n) is 2.36. The number of benzene rings is 1. The summed E-state index contributed by atoms with van der Waals surface area (Å²) < 4.78 is 26.7. The number of hydrogen-bond acceptors (Lipinski definition) is 4. The first-order valence-corrected chi connectivity index (χ1v) is 8.42. The summed E-state index contributed by atoms with van der Waals surface area (Å²) in [5.41, 5.74) is 0.0861. The summed E-state index contributed by atoms with van der Waals surface area (Å²) in [5.74, 6) is 0. The van der Waals surface area contributed by atoms with Crippen LogP contribution in [0.3, 0.4) is 0 Å². The zero-order valence-electron chi connectivity index (χ0n) is 12.5. The molecule has 1 aromatic carbocycles. The Morgan fingerprint density at radius 3 is 2.33 bits per heavy atom. The maximum Gasteiger partial charge on any atom is 0.281 e. The zero-order chi connectivity index (χ0) is 15.5. The first kappa shape index (κ1) is 16.2. The zero-order valence-corrected chi connectivity index (χ0v) is 13.3. The molecular weight excluding hydrogens is 290 g/mol. The van der Waals surface area contributed by atoms with Gasteiger partial charge in [-0.1, -0.05) is 18.2 Å². The average molecular weight is 313 g/mol. The van der Waals surface area contributed by atoms with Crippen molar-refractivity contribution < 1.29 is 13.5 Å². The molecule has 1 aromatic rings. The molecule has 1 heterocycles. The summed E-state index contributed by atoms with van der Waals surface area (Å²) in [5, 5.41) is 13.8. The van der Waals surface area contributed by atoms with Crippen LogP contribution < -0.4 is 5.32 Å². The van der Waals surface area contributed by atoms with Crippen LogP contribution in [0, 0.1) is 0 Å². The molecule has 118 valence electrons. The van der Waals surface area contributed by atoms with E-state index in [9.17, 15) is 13.5 Å². The topological polar surface area (TPSA) is 72.9 Å². The molecule has 0 aliphatic carbocycles. The normalized spacial score (nSPS) is 19.6. The van der Waals surface area contributed by atoms with Gasteiger partial charge < -0.3 is 10.4 Å². The van der Waals surface area contributed by atoms with E-state index in [2.05, 4.69) is 5.32 Å². The van der Waals surface area contributed by atoms with Gasteiger partial charge in [-0.25, -0.2) is 0 Å². The molecule has 1 aliphatic rings. The molecule has 1 saturated heterocycles. The monoisotopic (exact) mass is 313 g/mol. The Hall–Kier alpha value is -1.15.